The molecule has 0 bridgehead atoms. The van der Waals surface area contributed by atoms with Crippen LogP contribution in [-0.4, -0.2) is 21.1 Å². The van der Waals surface area contributed by atoms with Gasteiger partial charge in [0.2, 0.25) is 0 Å². The van der Waals surface area contributed by atoms with E-state index in [4.69, 9.17) is 0 Å². The zero-order valence-corrected chi connectivity index (χ0v) is 8.78. The van der Waals surface area contributed by atoms with Crippen LogP contribution in [0.25, 0.3) is 0 Å². The molecule has 0 saturated carbocycles. The Hall–Kier alpha value is -1.82. The molecule has 2 heterocycles. The Bertz CT molecular complexity index is 468. The molecule has 76 valence electrons. The minimum atomic E-state index is -0.294. The summed E-state index contributed by atoms with van der Waals surface area (Å²) in [6.45, 7) is 1.87. The highest BCUT2D eigenvalue weighted by atomic mass is 32.1. The van der Waals surface area contributed by atoms with Gasteiger partial charge in [-0.2, -0.15) is 5.10 Å². The minimum Gasteiger partial charge on any atom is -0.296 e. The predicted octanol–water partition coefficient (Wildman–Crippen LogP) is 1.49. The van der Waals surface area contributed by atoms with Crippen molar-refractivity contribution >= 4 is 22.4 Å². The van der Waals surface area contributed by atoms with Crippen LogP contribution in [0.3, 0.4) is 0 Å². The lowest BCUT2D eigenvalue weighted by molar-refractivity contribution is 0.102. The molecule has 1 amide bonds. The fourth-order valence-corrected chi connectivity index (χ4v) is 1.68. The van der Waals surface area contributed by atoms with Gasteiger partial charge in [0.15, 0.2) is 10.8 Å². The van der Waals surface area contributed by atoms with Crippen LogP contribution in [0.2, 0.25) is 0 Å². The largest absolute Gasteiger partial charge is 0.296 e. The Morgan fingerprint density at radius 3 is 3.00 bits per heavy atom. The van der Waals surface area contributed by atoms with Gasteiger partial charge in [-0.05, 0) is 19.1 Å². The average Bonchev–Trinajstić information content (AvgIpc) is 2.65. The summed E-state index contributed by atoms with van der Waals surface area (Å²) in [5, 5.41) is 12.4. The molecule has 0 atom stereocenters. The summed E-state index contributed by atoms with van der Waals surface area (Å²) >= 11 is 1.38. The predicted molar refractivity (Wildman–Crippen MR) is 56.8 cm³/mol. The van der Waals surface area contributed by atoms with Crippen molar-refractivity contribution in [1.29, 1.82) is 0 Å². The van der Waals surface area contributed by atoms with Crippen molar-refractivity contribution in [3.63, 3.8) is 0 Å². The number of hydrogen-bond acceptors (Lipinski definition) is 5. The molecular weight excluding hydrogens is 212 g/mol. The molecule has 0 aromatic carbocycles. The fraction of sp³-hybridized carbons (Fsp3) is 0.111. The van der Waals surface area contributed by atoms with E-state index >= 15 is 0 Å². The second-order valence-corrected chi connectivity index (χ2v) is 3.72. The molecule has 0 fully saturated rings. The van der Waals surface area contributed by atoms with Crippen molar-refractivity contribution in [2.75, 3.05) is 5.32 Å². The van der Waals surface area contributed by atoms with Gasteiger partial charge in [0.1, 0.15) is 0 Å². The number of thiazole rings is 1. The van der Waals surface area contributed by atoms with Crippen molar-refractivity contribution in [1.82, 2.24) is 15.2 Å². The molecule has 0 aliphatic rings. The monoisotopic (exact) mass is 220 g/mol. The Kier molecular flexibility index (Phi) is 2.68. The van der Waals surface area contributed by atoms with Gasteiger partial charge in [-0.1, -0.05) is 0 Å². The second-order valence-electron chi connectivity index (χ2n) is 2.86. The van der Waals surface area contributed by atoms with Crippen LogP contribution < -0.4 is 5.32 Å². The number of carbonyl (C=O) groups is 1. The summed E-state index contributed by atoms with van der Waals surface area (Å²) in [5.41, 5.74) is 1.17. The number of rotatable bonds is 2. The van der Waals surface area contributed by atoms with Crippen LogP contribution in [-0.2, 0) is 0 Å². The van der Waals surface area contributed by atoms with Gasteiger partial charge >= 0.3 is 0 Å². The average molecular weight is 220 g/mol. The van der Waals surface area contributed by atoms with E-state index in [1.165, 1.54) is 17.5 Å². The van der Waals surface area contributed by atoms with Crippen molar-refractivity contribution in [2.24, 2.45) is 0 Å². The first-order valence-electron chi connectivity index (χ1n) is 4.27. The van der Waals surface area contributed by atoms with Gasteiger partial charge in [0.05, 0.1) is 5.69 Å². The van der Waals surface area contributed by atoms with Crippen LogP contribution in [0.15, 0.2) is 23.7 Å². The number of hydrogen-bond donors (Lipinski definition) is 1. The molecule has 0 aliphatic carbocycles. The zero-order chi connectivity index (χ0) is 10.7. The molecule has 6 heteroatoms. The van der Waals surface area contributed by atoms with Crippen molar-refractivity contribution in [2.45, 2.75) is 6.92 Å². The van der Waals surface area contributed by atoms with Gasteiger partial charge in [-0.15, -0.1) is 16.4 Å². The quantitative estimate of drug-likeness (QED) is 0.832. The molecule has 0 unspecified atom stereocenters. The fourth-order valence-electron chi connectivity index (χ4n) is 0.995. The molecule has 2 aromatic rings. The second kappa shape index (κ2) is 4.14. The topological polar surface area (TPSA) is 67.8 Å². The van der Waals surface area contributed by atoms with E-state index in [-0.39, 0.29) is 11.6 Å². The third-order valence-corrected chi connectivity index (χ3v) is 2.52. The van der Waals surface area contributed by atoms with E-state index in [1.807, 2.05) is 12.3 Å². The van der Waals surface area contributed by atoms with Crippen molar-refractivity contribution in [3.05, 3.63) is 35.1 Å². The Morgan fingerprint density at radius 1 is 1.53 bits per heavy atom. The number of amides is 1. The Balaban J connectivity index is 2.11. The molecule has 2 rings (SSSR count). The lowest BCUT2D eigenvalue weighted by atomic mass is 10.4. The third kappa shape index (κ3) is 2.35. The summed E-state index contributed by atoms with van der Waals surface area (Å²) in [4.78, 5) is 15.7. The van der Waals surface area contributed by atoms with E-state index in [0.717, 1.165) is 5.69 Å². The first-order valence-corrected chi connectivity index (χ1v) is 5.15. The van der Waals surface area contributed by atoms with E-state index in [2.05, 4.69) is 20.5 Å². The summed E-state index contributed by atoms with van der Waals surface area (Å²) in [6, 6.07) is 3.26. The maximum Gasteiger partial charge on any atom is 0.277 e. The number of aryl methyl sites for hydroxylation is 1. The zero-order valence-electron chi connectivity index (χ0n) is 7.97. The smallest absolute Gasteiger partial charge is 0.277 e. The highest BCUT2D eigenvalue weighted by Gasteiger charge is 2.08. The first kappa shape index (κ1) is 9.72. The molecule has 0 radical (unpaired) electrons. The van der Waals surface area contributed by atoms with Gasteiger partial charge in [0.25, 0.3) is 5.91 Å². The van der Waals surface area contributed by atoms with E-state index in [9.17, 15) is 4.79 Å². The first-order chi connectivity index (χ1) is 7.25. The van der Waals surface area contributed by atoms with E-state index in [1.54, 1.807) is 12.1 Å². The number of anilines is 1. The Morgan fingerprint density at radius 2 is 2.40 bits per heavy atom. The number of carbonyl (C=O) groups excluding carboxylic acids is 1. The SMILES string of the molecule is Cc1csc(NC(=O)c2cccnn2)n1. The summed E-state index contributed by atoms with van der Waals surface area (Å²) in [5.74, 6) is -0.294. The standard InChI is InChI=1S/C9H8N4OS/c1-6-5-15-9(11-6)12-8(14)7-3-2-4-10-13-7/h2-5H,1H3,(H,11,12,14). The lowest BCUT2D eigenvalue weighted by Crippen LogP contribution is -2.13. The van der Waals surface area contributed by atoms with Gasteiger partial charge < -0.3 is 0 Å². The van der Waals surface area contributed by atoms with Crippen molar-refractivity contribution < 1.29 is 4.79 Å². The van der Waals surface area contributed by atoms with Crippen LogP contribution in [0.5, 0.6) is 0 Å². The molecule has 2 aromatic heterocycles. The maximum atomic E-state index is 11.6. The molecular formula is C9H8N4OS. The summed E-state index contributed by atoms with van der Waals surface area (Å²) < 4.78 is 0. The van der Waals surface area contributed by atoms with Crippen LogP contribution in [0, 0.1) is 6.92 Å². The third-order valence-electron chi connectivity index (χ3n) is 1.64. The molecule has 5 nitrogen and oxygen atoms in total. The Labute approximate surface area is 90.2 Å². The van der Waals surface area contributed by atoms with Crippen molar-refractivity contribution in [3.8, 4) is 0 Å². The highest BCUT2D eigenvalue weighted by Crippen LogP contribution is 2.14. The normalized spacial score (nSPS) is 9.93. The number of nitrogens with one attached hydrogen (secondary N) is 1. The van der Waals surface area contributed by atoms with E-state index < -0.39 is 0 Å². The van der Waals surface area contributed by atoms with Crippen LogP contribution >= 0.6 is 11.3 Å². The van der Waals surface area contributed by atoms with Crippen LogP contribution in [0.1, 0.15) is 16.2 Å². The minimum absolute atomic E-state index is 0.283. The van der Waals surface area contributed by atoms with Gasteiger partial charge in [-0.3, -0.25) is 10.1 Å². The van der Waals surface area contributed by atoms with Gasteiger partial charge in [0, 0.05) is 11.6 Å². The van der Waals surface area contributed by atoms with E-state index in [0.29, 0.717) is 5.13 Å². The van der Waals surface area contributed by atoms with Crippen LogP contribution in [0.4, 0.5) is 5.13 Å². The maximum absolute atomic E-state index is 11.6. The molecule has 0 spiro atoms. The molecule has 15 heavy (non-hydrogen) atoms. The molecule has 0 saturated heterocycles. The highest BCUT2D eigenvalue weighted by molar-refractivity contribution is 7.13. The number of nitrogens with zero attached hydrogens (tertiary/aromatic N) is 3. The molecule has 0 aliphatic heterocycles. The molecule has 1 N–H and O–H groups in total. The number of aromatic nitrogens is 3. The summed E-state index contributed by atoms with van der Waals surface area (Å²) in [7, 11) is 0. The lowest BCUT2D eigenvalue weighted by Gasteiger charge is -1.98. The summed E-state index contributed by atoms with van der Waals surface area (Å²) in [6.07, 6.45) is 1.52. The van der Waals surface area contributed by atoms with Gasteiger partial charge in [-0.25, -0.2) is 4.98 Å².